The number of aromatic nitrogens is 5. The van der Waals surface area contributed by atoms with E-state index in [9.17, 15) is 0 Å². The summed E-state index contributed by atoms with van der Waals surface area (Å²) in [6.07, 6.45) is 0. The number of fused-ring (bicyclic) bond motifs is 13. The molecule has 316 valence electrons. The van der Waals surface area contributed by atoms with Crippen LogP contribution in [0.3, 0.4) is 0 Å². The van der Waals surface area contributed by atoms with Crippen LogP contribution in [0.5, 0.6) is 0 Å². The molecule has 0 amide bonds. The topological polar surface area (TPSA) is 77.6 Å². The van der Waals surface area contributed by atoms with Crippen molar-refractivity contribution in [1.29, 1.82) is 0 Å². The lowest BCUT2D eigenvalue weighted by Gasteiger charge is -2.30. The zero-order valence-electron chi connectivity index (χ0n) is 36.5. The van der Waals surface area contributed by atoms with Crippen molar-refractivity contribution in [3.8, 4) is 90.3 Å². The van der Waals surface area contributed by atoms with Gasteiger partial charge in [-0.1, -0.05) is 188 Å². The molecule has 14 rings (SSSR count). The first-order valence-corrected chi connectivity index (χ1v) is 22.9. The van der Waals surface area contributed by atoms with Crippen molar-refractivity contribution in [3.05, 3.63) is 247 Å². The molecule has 9 aromatic carbocycles. The van der Waals surface area contributed by atoms with Crippen molar-refractivity contribution < 1.29 is 4.42 Å². The zero-order chi connectivity index (χ0) is 44.8. The SMILES string of the molecule is c1ccc(-c2cc(-c3ccc4c(c3)C3(c5ccccc5-c5ccccc53)c3ccccc3-4)nc(-c3ccc4oc5cccc(-c6nc(-c7ccccc7)nc(-c7ccccc7)n6)c5c4c3)n2)cc1. The second-order valence-corrected chi connectivity index (χ2v) is 17.5. The number of rotatable bonds is 6. The number of benzene rings is 9. The molecular formula is C62H37N5O. The Kier molecular flexibility index (Phi) is 8.39. The minimum atomic E-state index is -0.472. The van der Waals surface area contributed by atoms with Crippen LogP contribution >= 0.6 is 0 Å². The van der Waals surface area contributed by atoms with Crippen LogP contribution in [0.2, 0.25) is 0 Å². The van der Waals surface area contributed by atoms with Crippen molar-refractivity contribution in [1.82, 2.24) is 24.9 Å². The van der Waals surface area contributed by atoms with Crippen LogP contribution in [0.25, 0.3) is 112 Å². The van der Waals surface area contributed by atoms with Gasteiger partial charge in [-0.15, -0.1) is 0 Å². The van der Waals surface area contributed by atoms with Crippen molar-refractivity contribution in [2.24, 2.45) is 0 Å². The summed E-state index contributed by atoms with van der Waals surface area (Å²) in [5.41, 5.74) is 18.5. The molecule has 0 fully saturated rings. The molecule has 0 saturated heterocycles. The molecule has 0 aliphatic heterocycles. The monoisotopic (exact) mass is 867 g/mol. The van der Waals surface area contributed by atoms with Gasteiger partial charge in [0.25, 0.3) is 0 Å². The molecule has 0 atom stereocenters. The van der Waals surface area contributed by atoms with Gasteiger partial charge in [0.1, 0.15) is 11.2 Å². The fraction of sp³-hybridized carbons (Fsp3) is 0.0161. The Bertz CT molecular complexity index is 3850. The molecule has 68 heavy (non-hydrogen) atoms. The minimum Gasteiger partial charge on any atom is -0.456 e. The van der Waals surface area contributed by atoms with Crippen molar-refractivity contribution in [3.63, 3.8) is 0 Å². The Morgan fingerprint density at radius 1 is 0.279 bits per heavy atom. The van der Waals surface area contributed by atoms with Gasteiger partial charge in [-0.25, -0.2) is 24.9 Å². The van der Waals surface area contributed by atoms with Gasteiger partial charge in [0.2, 0.25) is 0 Å². The maximum atomic E-state index is 6.57. The minimum absolute atomic E-state index is 0.472. The first kappa shape index (κ1) is 38.2. The van der Waals surface area contributed by atoms with Crippen LogP contribution in [0.4, 0.5) is 0 Å². The molecule has 3 aromatic heterocycles. The molecule has 6 heteroatoms. The van der Waals surface area contributed by atoms with E-state index in [0.717, 1.165) is 66.7 Å². The summed E-state index contributed by atoms with van der Waals surface area (Å²) < 4.78 is 6.57. The van der Waals surface area contributed by atoms with Crippen LogP contribution in [0.1, 0.15) is 22.3 Å². The van der Waals surface area contributed by atoms with E-state index in [2.05, 4.69) is 140 Å². The van der Waals surface area contributed by atoms with E-state index in [0.29, 0.717) is 23.3 Å². The number of hydrogen-bond donors (Lipinski definition) is 0. The second-order valence-electron chi connectivity index (χ2n) is 17.5. The van der Waals surface area contributed by atoms with E-state index < -0.39 is 5.41 Å². The Hall–Kier alpha value is -9.13. The van der Waals surface area contributed by atoms with Gasteiger partial charge >= 0.3 is 0 Å². The second kappa shape index (κ2) is 15.0. The molecule has 0 N–H and O–H groups in total. The van der Waals surface area contributed by atoms with E-state index in [1.807, 2.05) is 84.9 Å². The molecule has 0 unspecified atom stereocenters. The molecule has 0 bridgehead atoms. The van der Waals surface area contributed by atoms with Crippen molar-refractivity contribution in [2.75, 3.05) is 0 Å². The summed E-state index contributed by atoms with van der Waals surface area (Å²) in [4.78, 5) is 25.9. The Morgan fingerprint density at radius 3 is 1.35 bits per heavy atom. The first-order chi connectivity index (χ1) is 33.7. The predicted octanol–water partition coefficient (Wildman–Crippen LogP) is 14.9. The third-order valence-corrected chi connectivity index (χ3v) is 13.8. The smallest absolute Gasteiger partial charge is 0.164 e. The van der Waals surface area contributed by atoms with Gasteiger partial charge in [-0.3, -0.25) is 0 Å². The highest BCUT2D eigenvalue weighted by atomic mass is 16.3. The van der Waals surface area contributed by atoms with Crippen molar-refractivity contribution in [2.45, 2.75) is 5.41 Å². The third kappa shape index (κ3) is 5.74. The highest BCUT2D eigenvalue weighted by Crippen LogP contribution is 2.63. The summed E-state index contributed by atoms with van der Waals surface area (Å²) in [5.74, 6) is 2.37. The lowest BCUT2D eigenvalue weighted by Crippen LogP contribution is -2.25. The normalized spacial score (nSPS) is 12.8. The number of furan rings is 1. The van der Waals surface area contributed by atoms with Gasteiger partial charge < -0.3 is 4.42 Å². The number of nitrogens with zero attached hydrogens (tertiary/aromatic N) is 5. The van der Waals surface area contributed by atoms with E-state index in [-0.39, 0.29) is 0 Å². The highest BCUT2D eigenvalue weighted by molar-refractivity contribution is 6.12. The fourth-order valence-electron chi connectivity index (χ4n) is 10.8. The number of hydrogen-bond acceptors (Lipinski definition) is 6. The summed E-state index contributed by atoms with van der Waals surface area (Å²) in [7, 11) is 0. The molecule has 1 spiro atoms. The van der Waals surface area contributed by atoms with Crippen LogP contribution in [-0.2, 0) is 5.41 Å². The highest BCUT2D eigenvalue weighted by Gasteiger charge is 2.51. The molecule has 6 nitrogen and oxygen atoms in total. The Labute approximate surface area is 392 Å². The van der Waals surface area contributed by atoms with Gasteiger partial charge in [-0.05, 0) is 80.9 Å². The van der Waals surface area contributed by atoms with Gasteiger partial charge in [0, 0.05) is 44.2 Å². The van der Waals surface area contributed by atoms with Crippen molar-refractivity contribution >= 4 is 21.9 Å². The zero-order valence-corrected chi connectivity index (χ0v) is 36.5. The van der Waals surface area contributed by atoms with Gasteiger partial charge in [0.05, 0.1) is 16.8 Å². The average molecular weight is 868 g/mol. The standard InChI is InChI=1S/C62H37N5O/c1-4-17-38(18-5-1)53-37-54(41-31-33-46-45-25-12-15-29-51(45)62(52(46)36-41)49-27-13-10-23-43(49)44-24-11-14-28-50(44)62)64-60(63-53)42-32-34-55-48(35-42)57-47(26-16-30-56(57)68-55)61-66-58(39-19-6-2-7-20-39)65-59(67-61)40-21-8-3-9-22-40/h1-37H. The first-order valence-electron chi connectivity index (χ1n) is 22.9. The average Bonchev–Trinajstić information content (AvgIpc) is 4.05. The third-order valence-electron chi connectivity index (χ3n) is 13.8. The molecule has 2 aliphatic rings. The summed E-state index contributed by atoms with van der Waals surface area (Å²) in [5, 5.41) is 1.83. The Morgan fingerprint density at radius 2 is 0.750 bits per heavy atom. The van der Waals surface area contributed by atoms with Crippen LogP contribution in [0.15, 0.2) is 229 Å². The van der Waals surface area contributed by atoms with E-state index in [4.69, 9.17) is 29.3 Å². The molecule has 3 heterocycles. The quantitative estimate of drug-likeness (QED) is 0.166. The largest absolute Gasteiger partial charge is 0.456 e. The maximum absolute atomic E-state index is 6.57. The summed E-state index contributed by atoms with van der Waals surface area (Å²) in [6, 6.07) is 78.6. The van der Waals surface area contributed by atoms with Crippen LogP contribution < -0.4 is 0 Å². The lowest BCUT2D eigenvalue weighted by atomic mass is 9.70. The summed E-state index contributed by atoms with van der Waals surface area (Å²) in [6.45, 7) is 0. The van der Waals surface area contributed by atoms with Gasteiger partial charge in [-0.2, -0.15) is 0 Å². The van der Waals surface area contributed by atoms with Crippen LogP contribution in [0, 0.1) is 0 Å². The van der Waals surface area contributed by atoms with E-state index >= 15 is 0 Å². The van der Waals surface area contributed by atoms with Gasteiger partial charge in [0.15, 0.2) is 23.3 Å². The molecule has 12 aromatic rings. The molecule has 2 aliphatic carbocycles. The summed E-state index contributed by atoms with van der Waals surface area (Å²) >= 11 is 0. The maximum Gasteiger partial charge on any atom is 0.164 e. The predicted molar refractivity (Wildman–Crippen MR) is 272 cm³/mol. The molecule has 0 saturated carbocycles. The molecular weight excluding hydrogens is 831 g/mol. The molecule has 0 radical (unpaired) electrons. The van der Waals surface area contributed by atoms with E-state index in [1.165, 1.54) is 44.5 Å². The van der Waals surface area contributed by atoms with E-state index in [1.54, 1.807) is 0 Å². The van der Waals surface area contributed by atoms with Crippen LogP contribution in [-0.4, -0.2) is 24.9 Å². The fourth-order valence-corrected chi connectivity index (χ4v) is 10.8. The Balaban J connectivity index is 0.958. The lowest BCUT2D eigenvalue weighted by molar-refractivity contribution is 0.669.